The summed E-state index contributed by atoms with van der Waals surface area (Å²) < 4.78 is 5.34. The highest BCUT2D eigenvalue weighted by Crippen LogP contribution is 2.32. The summed E-state index contributed by atoms with van der Waals surface area (Å²) in [5, 5.41) is 7.22. The van der Waals surface area contributed by atoms with Crippen molar-refractivity contribution >= 4 is 22.6 Å². The summed E-state index contributed by atoms with van der Waals surface area (Å²) in [6.45, 7) is 6.53. The number of fused-ring (bicyclic) bond motifs is 3. The first-order chi connectivity index (χ1) is 13.3. The van der Waals surface area contributed by atoms with Crippen LogP contribution in [0.25, 0.3) is 10.9 Å². The Balaban J connectivity index is 1.40. The molecule has 2 aromatic carbocycles. The fraction of sp³-hybridized carbons (Fsp3) is 0.348. The van der Waals surface area contributed by atoms with Gasteiger partial charge in [0.05, 0.1) is 7.11 Å². The lowest BCUT2D eigenvalue weighted by Crippen LogP contribution is -2.38. The highest BCUT2D eigenvalue weighted by molar-refractivity contribution is 5.90. The second-order valence-corrected chi connectivity index (χ2v) is 8.52. The first kappa shape index (κ1) is 18.4. The molecule has 0 fully saturated rings. The molecule has 0 saturated carbocycles. The van der Waals surface area contributed by atoms with E-state index in [1.807, 2.05) is 24.3 Å². The minimum Gasteiger partial charge on any atom is -0.497 e. The Morgan fingerprint density at radius 3 is 2.54 bits per heavy atom. The number of rotatable bonds is 3. The standard InChI is InChI=1S/C23H27N3O2/c1-23(2,3)14-5-7-15(8-6-14)24-22(27)25-16-11-18-19-13-17(28-4)9-10-20(19)26-21(18)12-16/h5-10,13,16,26H,11-12H2,1-4H3,(H2,24,25,27). The van der Waals surface area contributed by atoms with Gasteiger partial charge in [0, 0.05) is 34.7 Å². The molecule has 0 radical (unpaired) electrons. The second-order valence-electron chi connectivity index (χ2n) is 8.52. The molecule has 1 heterocycles. The maximum Gasteiger partial charge on any atom is 0.319 e. The monoisotopic (exact) mass is 377 g/mol. The van der Waals surface area contributed by atoms with Gasteiger partial charge in [0.15, 0.2) is 0 Å². The van der Waals surface area contributed by atoms with Gasteiger partial charge in [-0.3, -0.25) is 0 Å². The van der Waals surface area contributed by atoms with Crippen LogP contribution in [-0.2, 0) is 18.3 Å². The third-order valence-electron chi connectivity index (χ3n) is 5.45. The summed E-state index contributed by atoms with van der Waals surface area (Å²) in [7, 11) is 1.68. The van der Waals surface area contributed by atoms with Crippen LogP contribution in [0.5, 0.6) is 5.75 Å². The van der Waals surface area contributed by atoms with Crippen molar-refractivity contribution in [3.05, 3.63) is 59.3 Å². The molecule has 3 aromatic rings. The van der Waals surface area contributed by atoms with Crippen molar-refractivity contribution in [2.24, 2.45) is 0 Å². The van der Waals surface area contributed by atoms with Gasteiger partial charge in [0.2, 0.25) is 0 Å². The number of H-pyrrole nitrogens is 1. The number of ether oxygens (including phenoxy) is 1. The van der Waals surface area contributed by atoms with Crippen molar-refractivity contribution < 1.29 is 9.53 Å². The Morgan fingerprint density at radius 2 is 1.86 bits per heavy atom. The average Bonchev–Trinajstić information content (AvgIpc) is 3.18. The van der Waals surface area contributed by atoms with E-state index >= 15 is 0 Å². The fourth-order valence-electron chi connectivity index (χ4n) is 3.89. The van der Waals surface area contributed by atoms with E-state index in [0.717, 1.165) is 29.8 Å². The SMILES string of the molecule is COc1ccc2[nH]c3c(c2c1)CC(NC(=O)Nc1ccc(C(C)(C)C)cc1)C3. The molecule has 4 rings (SSSR count). The molecule has 0 saturated heterocycles. The number of anilines is 1. The third kappa shape index (κ3) is 3.57. The van der Waals surface area contributed by atoms with Crippen LogP contribution < -0.4 is 15.4 Å². The number of benzene rings is 2. The van der Waals surface area contributed by atoms with Gasteiger partial charge >= 0.3 is 6.03 Å². The number of urea groups is 1. The highest BCUT2D eigenvalue weighted by atomic mass is 16.5. The summed E-state index contributed by atoms with van der Waals surface area (Å²) >= 11 is 0. The summed E-state index contributed by atoms with van der Waals surface area (Å²) in [6, 6.07) is 14.0. The van der Waals surface area contributed by atoms with Gasteiger partial charge in [-0.05, 0) is 53.3 Å². The smallest absolute Gasteiger partial charge is 0.319 e. The number of aromatic amines is 1. The van der Waals surface area contributed by atoms with E-state index < -0.39 is 0 Å². The molecular formula is C23H27N3O2. The minimum absolute atomic E-state index is 0.0886. The predicted octanol–water partition coefficient (Wildman–Crippen LogP) is 4.76. The Hall–Kier alpha value is -2.95. The first-order valence-electron chi connectivity index (χ1n) is 9.69. The van der Waals surface area contributed by atoms with Gasteiger partial charge in [-0.25, -0.2) is 4.79 Å². The number of nitrogens with one attached hydrogen (secondary N) is 3. The molecule has 3 N–H and O–H groups in total. The van der Waals surface area contributed by atoms with Crippen molar-refractivity contribution in [2.45, 2.75) is 45.1 Å². The van der Waals surface area contributed by atoms with Crippen molar-refractivity contribution in [1.82, 2.24) is 10.3 Å². The Bertz CT molecular complexity index is 1010. The number of carbonyl (C=O) groups is 1. The lowest BCUT2D eigenvalue weighted by Gasteiger charge is -2.19. The Morgan fingerprint density at radius 1 is 1.11 bits per heavy atom. The van der Waals surface area contributed by atoms with Gasteiger partial charge in [-0.1, -0.05) is 32.9 Å². The summed E-state index contributed by atoms with van der Waals surface area (Å²) in [5.41, 5.74) is 5.74. The topological polar surface area (TPSA) is 66.1 Å². The number of amides is 2. The third-order valence-corrected chi connectivity index (χ3v) is 5.45. The second kappa shape index (κ2) is 6.89. The summed E-state index contributed by atoms with van der Waals surface area (Å²) in [4.78, 5) is 15.9. The molecular weight excluding hydrogens is 350 g/mol. The van der Waals surface area contributed by atoms with Gasteiger partial charge in [0.1, 0.15) is 5.75 Å². The van der Waals surface area contributed by atoms with Crippen LogP contribution in [0.4, 0.5) is 10.5 Å². The molecule has 28 heavy (non-hydrogen) atoms. The highest BCUT2D eigenvalue weighted by Gasteiger charge is 2.27. The number of methoxy groups -OCH3 is 1. The van der Waals surface area contributed by atoms with Crippen molar-refractivity contribution in [3.63, 3.8) is 0 Å². The van der Waals surface area contributed by atoms with E-state index in [0.29, 0.717) is 0 Å². The van der Waals surface area contributed by atoms with E-state index in [4.69, 9.17) is 4.74 Å². The largest absolute Gasteiger partial charge is 0.497 e. The van der Waals surface area contributed by atoms with Crippen LogP contribution in [-0.4, -0.2) is 24.2 Å². The molecule has 5 heteroatoms. The molecule has 2 amide bonds. The molecule has 1 aliphatic rings. The van der Waals surface area contributed by atoms with Crippen molar-refractivity contribution in [1.29, 1.82) is 0 Å². The molecule has 0 bridgehead atoms. The lowest BCUT2D eigenvalue weighted by atomic mass is 9.87. The van der Waals surface area contributed by atoms with E-state index in [-0.39, 0.29) is 17.5 Å². The Labute approximate surface area is 165 Å². The van der Waals surface area contributed by atoms with Gasteiger partial charge < -0.3 is 20.4 Å². The molecule has 0 aliphatic heterocycles. The normalized spacial score (nSPS) is 16.1. The minimum atomic E-state index is -0.166. The Kier molecular flexibility index (Phi) is 4.53. The lowest BCUT2D eigenvalue weighted by molar-refractivity contribution is 0.249. The van der Waals surface area contributed by atoms with E-state index in [1.165, 1.54) is 22.2 Å². The molecule has 0 spiro atoms. The number of hydrogen-bond donors (Lipinski definition) is 3. The molecule has 1 aromatic heterocycles. The van der Waals surface area contributed by atoms with E-state index in [2.05, 4.69) is 54.6 Å². The van der Waals surface area contributed by atoms with E-state index in [9.17, 15) is 4.79 Å². The molecule has 146 valence electrons. The van der Waals surface area contributed by atoms with Crippen LogP contribution >= 0.6 is 0 Å². The van der Waals surface area contributed by atoms with Crippen LogP contribution in [0.1, 0.15) is 37.6 Å². The van der Waals surface area contributed by atoms with E-state index in [1.54, 1.807) is 7.11 Å². The molecule has 1 atom stereocenters. The summed E-state index contributed by atoms with van der Waals surface area (Å²) in [5.74, 6) is 0.849. The fourth-order valence-corrected chi connectivity index (χ4v) is 3.89. The predicted molar refractivity (Wildman–Crippen MR) is 113 cm³/mol. The number of hydrogen-bond acceptors (Lipinski definition) is 2. The molecule has 5 nitrogen and oxygen atoms in total. The van der Waals surface area contributed by atoms with Crippen LogP contribution in [0.3, 0.4) is 0 Å². The zero-order chi connectivity index (χ0) is 19.9. The zero-order valence-corrected chi connectivity index (χ0v) is 16.8. The van der Waals surface area contributed by atoms with Gasteiger partial charge in [-0.15, -0.1) is 0 Å². The first-order valence-corrected chi connectivity index (χ1v) is 9.69. The maximum absolute atomic E-state index is 12.4. The van der Waals surface area contributed by atoms with Crippen LogP contribution in [0.15, 0.2) is 42.5 Å². The van der Waals surface area contributed by atoms with Gasteiger partial charge in [-0.2, -0.15) is 0 Å². The van der Waals surface area contributed by atoms with Gasteiger partial charge in [0.25, 0.3) is 0 Å². The average molecular weight is 377 g/mol. The molecule has 1 aliphatic carbocycles. The maximum atomic E-state index is 12.4. The number of carbonyl (C=O) groups excluding carboxylic acids is 1. The zero-order valence-electron chi connectivity index (χ0n) is 16.8. The van der Waals surface area contributed by atoms with Crippen LogP contribution in [0.2, 0.25) is 0 Å². The van der Waals surface area contributed by atoms with Crippen LogP contribution in [0, 0.1) is 0 Å². The quantitative estimate of drug-likeness (QED) is 0.616. The number of aromatic nitrogens is 1. The van der Waals surface area contributed by atoms with Crippen molar-refractivity contribution in [2.75, 3.05) is 12.4 Å². The summed E-state index contributed by atoms with van der Waals surface area (Å²) in [6.07, 6.45) is 1.63. The molecule has 1 unspecified atom stereocenters. The van der Waals surface area contributed by atoms with Crippen molar-refractivity contribution in [3.8, 4) is 5.75 Å².